The van der Waals surface area contributed by atoms with Gasteiger partial charge in [0.2, 0.25) is 0 Å². The van der Waals surface area contributed by atoms with Crippen LogP contribution in [0.15, 0.2) is 28.7 Å². The van der Waals surface area contributed by atoms with E-state index >= 15 is 0 Å². The van der Waals surface area contributed by atoms with E-state index in [1.165, 1.54) is 0 Å². The summed E-state index contributed by atoms with van der Waals surface area (Å²) in [5.41, 5.74) is 0.636. The third-order valence-corrected chi connectivity index (χ3v) is 4.50. The molecular weight excluding hydrogens is 318 g/mol. The molecule has 0 radical (unpaired) electrons. The second-order valence-corrected chi connectivity index (χ2v) is 6.42. The number of carbonyl (C=O) groups excluding carboxylic acids is 1. The van der Waals surface area contributed by atoms with E-state index in [9.17, 15) is 9.59 Å². The minimum Gasteiger partial charge on any atom is -0.481 e. The molecule has 0 aliphatic carbocycles. The molecule has 6 heteroatoms. The highest BCUT2D eigenvalue weighted by molar-refractivity contribution is 6.31. The average Bonchev–Trinajstić information content (AvgIpc) is 2.95. The van der Waals surface area contributed by atoms with E-state index < -0.39 is 5.97 Å². The lowest BCUT2D eigenvalue weighted by molar-refractivity contribution is -0.137. The van der Waals surface area contributed by atoms with Crippen molar-refractivity contribution in [2.75, 3.05) is 13.1 Å². The summed E-state index contributed by atoms with van der Waals surface area (Å²) in [6, 6.07) is 6.96. The second-order valence-electron chi connectivity index (χ2n) is 5.98. The monoisotopic (exact) mass is 335 g/mol. The summed E-state index contributed by atoms with van der Waals surface area (Å²) in [5.74, 6) is -0.385. The Bertz CT molecular complexity index is 739. The number of piperidine rings is 1. The second kappa shape index (κ2) is 6.62. The van der Waals surface area contributed by atoms with E-state index in [4.69, 9.17) is 21.1 Å². The van der Waals surface area contributed by atoms with Gasteiger partial charge in [0.1, 0.15) is 5.58 Å². The van der Waals surface area contributed by atoms with Crippen LogP contribution in [0.25, 0.3) is 11.0 Å². The highest BCUT2D eigenvalue weighted by atomic mass is 35.5. The number of rotatable bonds is 4. The van der Waals surface area contributed by atoms with Crippen molar-refractivity contribution in [3.05, 3.63) is 35.0 Å². The van der Waals surface area contributed by atoms with Crippen molar-refractivity contribution in [1.82, 2.24) is 4.90 Å². The van der Waals surface area contributed by atoms with Gasteiger partial charge in [-0.3, -0.25) is 9.59 Å². The van der Waals surface area contributed by atoms with Crippen LogP contribution < -0.4 is 0 Å². The maximum Gasteiger partial charge on any atom is 0.303 e. The number of hydrogen-bond donors (Lipinski definition) is 1. The average molecular weight is 336 g/mol. The topological polar surface area (TPSA) is 70.8 Å². The number of benzene rings is 1. The van der Waals surface area contributed by atoms with Gasteiger partial charge in [-0.2, -0.15) is 0 Å². The fraction of sp³-hybridized carbons (Fsp3) is 0.412. The number of likely N-dealkylation sites (tertiary alicyclic amines) is 1. The molecule has 1 aliphatic heterocycles. The fourth-order valence-corrected chi connectivity index (χ4v) is 3.27. The van der Waals surface area contributed by atoms with Crippen molar-refractivity contribution >= 4 is 34.4 Å². The third-order valence-electron chi connectivity index (χ3n) is 4.26. The van der Waals surface area contributed by atoms with Gasteiger partial charge in [-0.15, -0.1) is 0 Å². The maximum atomic E-state index is 12.6. The van der Waals surface area contributed by atoms with Gasteiger partial charge in [-0.05, 0) is 49.4 Å². The molecule has 23 heavy (non-hydrogen) atoms. The van der Waals surface area contributed by atoms with Crippen LogP contribution in [0.5, 0.6) is 0 Å². The summed E-state index contributed by atoms with van der Waals surface area (Å²) in [7, 11) is 0. The molecule has 1 aromatic heterocycles. The molecule has 1 atom stereocenters. The van der Waals surface area contributed by atoms with Crippen molar-refractivity contribution in [3.63, 3.8) is 0 Å². The first kappa shape index (κ1) is 15.9. The number of furan rings is 1. The fourth-order valence-electron chi connectivity index (χ4n) is 3.09. The van der Waals surface area contributed by atoms with Gasteiger partial charge in [-0.1, -0.05) is 11.6 Å². The number of carbonyl (C=O) groups is 2. The molecule has 1 aliphatic rings. The molecule has 3 rings (SSSR count). The number of fused-ring (bicyclic) bond motifs is 1. The molecule has 122 valence electrons. The third kappa shape index (κ3) is 3.67. The smallest absolute Gasteiger partial charge is 0.303 e. The lowest BCUT2D eigenvalue weighted by Crippen LogP contribution is -2.39. The zero-order valence-electron chi connectivity index (χ0n) is 12.6. The summed E-state index contributed by atoms with van der Waals surface area (Å²) in [5, 5.41) is 10.2. The van der Waals surface area contributed by atoms with Crippen LogP contribution in [-0.2, 0) is 4.79 Å². The Kier molecular flexibility index (Phi) is 4.57. The Morgan fingerprint density at radius 2 is 2.17 bits per heavy atom. The van der Waals surface area contributed by atoms with Gasteiger partial charge in [0.15, 0.2) is 5.76 Å². The summed E-state index contributed by atoms with van der Waals surface area (Å²) in [6.45, 7) is 1.27. The number of carboxylic acids is 1. The molecule has 1 aromatic carbocycles. The van der Waals surface area contributed by atoms with Crippen LogP contribution in [0, 0.1) is 5.92 Å². The highest BCUT2D eigenvalue weighted by Crippen LogP contribution is 2.26. The van der Waals surface area contributed by atoms with E-state index in [-0.39, 0.29) is 18.2 Å². The van der Waals surface area contributed by atoms with Crippen LogP contribution in [-0.4, -0.2) is 35.0 Å². The Labute approximate surface area is 138 Å². The van der Waals surface area contributed by atoms with Crippen LogP contribution in [0.4, 0.5) is 0 Å². The van der Waals surface area contributed by atoms with Crippen molar-refractivity contribution < 1.29 is 19.1 Å². The molecule has 1 saturated heterocycles. The van der Waals surface area contributed by atoms with Crippen molar-refractivity contribution in [3.8, 4) is 0 Å². The lowest BCUT2D eigenvalue weighted by atomic mass is 9.93. The number of nitrogens with zero attached hydrogens (tertiary/aromatic N) is 1. The predicted octanol–water partition coefficient (Wildman–Crippen LogP) is 3.80. The van der Waals surface area contributed by atoms with E-state index in [2.05, 4.69) is 0 Å². The van der Waals surface area contributed by atoms with Gasteiger partial charge in [-0.25, -0.2) is 0 Å². The van der Waals surface area contributed by atoms with Crippen molar-refractivity contribution in [1.29, 1.82) is 0 Å². The van der Waals surface area contributed by atoms with Crippen molar-refractivity contribution in [2.24, 2.45) is 5.92 Å². The highest BCUT2D eigenvalue weighted by Gasteiger charge is 2.26. The van der Waals surface area contributed by atoms with Crippen LogP contribution in [0.2, 0.25) is 5.02 Å². The predicted molar refractivity (Wildman–Crippen MR) is 86.7 cm³/mol. The normalized spacial score (nSPS) is 18.3. The molecule has 2 aromatic rings. The first-order valence-corrected chi connectivity index (χ1v) is 8.11. The number of aliphatic carboxylic acids is 1. The SMILES string of the molecule is O=C(O)CC[C@@H]1CCCN(C(=O)c2cc3cc(Cl)ccc3o2)C1. The summed E-state index contributed by atoms with van der Waals surface area (Å²) >= 11 is 5.95. The molecule has 5 nitrogen and oxygen atoms in total. The number of carboxylic acid groups (broad SMARTS) is 1. The van der Waals surface area contributed by atoms with Crippen LogP contribution in [0.3, 0.4) is 0 Å². The Morgan fingerprint density at radius 1 is 1.35 bits per heavy atom. The summed E-state index contributed by atoms with van der Waals surface area (Å²) in [6.07, 6.45) is 2.61. The molecule has 0 bridgehead atoms. The van der Waals surface area contributed by atoms with Crippen LogP contribution >= 0.6 is 11.6 Å². The largest absolute Gasteiger partial charge is 0.481 e. The zero-order chi connectivity index (χ0) is 16.4. The standard InChI is InChI=1S/C17H18ClNO4/c18-13-4-5-14-12(8-13)9-15(23-14)17(22)19-7-1-2-11(10-19)3-6-16(20)21/h4-5,8-9,11H,1-3,6-7,10H2,(H,20,21)/t11-/m0/s1. The number of hydrogen-bond acceptors (Lipinski definition) is 3. The van der Waals surface area contributed by atoms with Gasteiger partial charge in [0.25, 0.3) is 5.91 Å². The van der Waals surface area contributed by atoms with E-state index in [1.807, 2.05) is 0 Å². The maximum absolute atomic E-state index is 12.6. The van der Waals surface area contributed by atoms with Gasteiger partial charge in [0, 0.05) is 29.9 Å². The molecular formula is C17H18ClNO4. The Morgan fingerprint density at radius 3 is 2.96 bits per heavy atom. The zero-order valence-corrected chi connectivity index (χ0v) is 13.4. The molecule has 2 heterocycles. The number of amides is 1. The molecule has 0 saturated carbocycles. The molecule has 1 fully saturated rings. The minimum absolute atomic E-state index is 0.141. The molecule has 1 amide bonds. The summed E-state index contributed by atoms with van der Waals surface area (Å²) in [4.78, 5) is 25.1. The first-order valence-electron chi connectivity index (χ1n) is 7.73. The van der Waals surface area contributed by atoms with E-state index in [1.54, 1.807) is 29.2 Å². The molecule has 0 unspecified atom stereocenters. The quantitative estimate of drug-likeness (QED) is 0.922. The van der Waals surface area contributed by atoms with Crippen LogP contribution in [0.1, 0.15) is 36.2 Å². The van der Waals surface area contributed by atoms with Crippen molar-refractivity contribution in [2.45, 2.75) is 25.7 Å². The summed E-state index contributed by atoms with van der Waals surface area (Å²) < 4.78 is 5.63. The first-order chi connectivity index (χ1) is 11.0. The lowest BCUT2D eigenvalue weighted by Gasteiger charge is -2.32. The van der Waals surface area contributed by atoms with Gasteiger partial charge < -0.3 is 14.4 Å². The van der Waals surface area contributed by atoms with E-state index in [0.717, 1.165) is 18.2 Å². The van der Waals surface area contributed by atoms with E-state index in [0.29, 0.717) is 35.9 Å². The number of halogens is 1. The molecule has 0 spiro atoms. The van der Waals surface area contributed by atoms with Gasteiger partial charge in [0.05, 0.1) is 0 Å². The van der Waals surface area contributed by atoms with Gasteiger partial charge >= 0.3 is 5.97 Å². The molecule has 1 N–H and O–H groups in total. The Balaban J connectivity index is 1.71. The Hall–Kier alpha value is -2.01. The minimum atomic E-state index is -0.789.